The van der Waals surface area contributed by atoms with Crippen LogP contribution in [0.1, 0.15) is 44.8 Å². The zero-order valence-corrected chi connectivity index (χ0v) is 15.2. The Morgan fingerprint density at radius 1 is 1.32 bits per heavy atom. The fraction of sp³-hybridized carbons (Fsp3) is 0.722. The van der Waals surface area contributed by atoms with Crippen molar-refractivity contribution in [2.75, 3.05) is 32.7 Å². The molecule has 0 bridgehead atoms. The molecule has 1 aromatic heterocycles. The first kappa shape index (κ1) is 17.9. The summed E-state index contributed by atoms with van der Waals surface area (Å²) in [4.78, 5) is 34.6. The van der Waals surface area contributed by atoms with E-state index in [1.807, 2.05) is 16.7 Å². The van der Waals surface area contributed by atoms with Gasteiger partial charge >= 0.3 is 0 Å². The standard InChI is InChI=1S/C18H28N4O3/c1-3-16-10-19-17(25-16)12-22(14(2)23)15-6-9-20(11-15)13-18(24)21-7-4-5-8-21/h10,15H,3-9,11-13H2,1-2H3/t15-/m1/s1. The summed E-state index contributed by atoms with van der Waals surface area (Å²) >= 11 is 0. The third kappa shape index (κ3) is 4.39. The number of aromatic nitrogens is 1. The molecule has 7 nitrogen and oxygen atoms in total. The molecule has 3 heterocycles. The van der Waals surface area contributed by atoms with Crippen molar-refractivity contribution in [2.24, 2.45) is 0 Å². The summed E-state index contributed by atoms with van der Waals surface area (Å²) in [6.45, 7) is 7.82. The number of nitrogens with zero attached hydrogens (tertiary/aromatic N) is 4. The highest BCUT2D eigenvalue weighted by molar-refractivity contribution is 5.78. The lowest BCUT2D eigenvalue weighted by molar-refractivity contribution is -0.132. The van der Waals surface area contributed by atoms with E-state index in [0.717, 1.165) is 57.6 Å². The summed E-state index contributed by atoms with van der Waals surface area (Å²) in [7, 11) is 0. The fourth-order valence-corrected chi connectivity index (χ4v) is 3.70. The fourth-order valence-electron chi connectivity index (χ4n) is 3.70. The van der Waals surface area contributed by atoms with Gasteiger partial charge in [-0.05, 0) is 19.3 Å². The van der Waals surface area contributed by atoms with E-state index in [-0.39, 0.29) is 17.9 Å². The lowest BCUT2D eigenvalue weighted by Crippen LogP contribution is -2.42. The average molecular weight is 348 g/mol. The van der Waals surface area contributed by atoms with E-state index in [4.69, 9.17) is 4.42 Å². The molecular weight excluding hydrogens is 320 g/mol. The average Bonchev–Trinajstić information content (AvgIpc) is 3.33. The first-order valence-electron chi connectivity index (χ1n) is 9.27. The molecule has 2 fully saturated rings. The molecule has 0 saturated carbocycles. The molecule has 25 heavy (non-hydrogen) atoms. The normalized spacial score (nSPS) is 21.0. The molecule has 1 aromatic rings. The van der Waals surface area contributed by atoms with E-state index in [9.17, 15) is 9.59 Å². The second-order valence-electron chi connectivity index (χ2n) is 6.99. The Bertz CT molecular complexity index is 609. The van der Waals surface area contributed by atoms with E-state index < -0.39 is 0 Å². The van der Waals surface area contributed by atoms with Gasteiger partial charge in [0.1, 0.15) is 5.76 Å². The van der Waals surface area contributed by atoms with Crippen molar-refractivity contribution in [3.63, 3.8) is 0 Å². The molecule has 0 unspecified atom stereocenters. The van der Waals surface area contributed by atoms with Gasteiger partial charge in [-0.2, -0.15) is 0 Å². The molecule has 0 spiro atoms. The third-order valence-corrected chi connectivity index (χ3v) is 5.17. The van der Waals surface area contributed by atoms with Crippen LogP contribution in [0.4, 0.5) is 0 Å². The molecule has 2 amide bonds. The van der Waals surface area contributed by atoms with Crippen LogP contribution >= 0.6 is 0 Å². The zero-order chi connectivity index (χ0) is 17.8. The molecule has 3 rings (SSSR count). The molecule has 138 valence electrons. The summed E-state index contributed by atoms with van der Waals surface area (Å²) in [5.74, 6) is 1.66. The van der Waals surface area contributed by atoms with Crippen LogP contribution in [0.15, 0.2) is 10.6 Å². The molecular formula is C18H28N4O3. The smallest absolute Gasteiger partial charge is 0.236 e. The second-order valence-corrected chi connectivity index (χ2v) is 6.99. The van der Waals surface area contributed by atoms with Crippen LogP contribution < -0.4 is 0 Å². The lowest BCUT2D eigenvalue weighted by atomic mass is 10.2. The van der Waals surface area contributed by atoms with Crippen LogP contribution in [0.2, 0.25) is 0 Å². The van der Waals surface area contributed by atoms with E-state index in [2.05, 4.69) is 9.88 Å². The number of likely N-dealkylation sites (tertiary alicyclic amines) is 2. The largest absolute Gasteiger partial charge is 0.444 e. The number of hydrogen-bond acceptors (Lipinski definition) is 5. The van der Waals surface area contributed by atoms with Crippen molar-refractivity contribution < 1.29 is 14.0 Å². The van der Waals surface area contributed by atoms with E-state index >= 15 is 0 Å². The van der Waals surface area contributed by atoms with E-state index in [0.29, 0.717) is 19.0 Å². The number of rotatable bonds is 6. The van der Waals surface area contributed by atoms with Gasteiger partial charge in [-0.15, -0.1) is 0 Å². The molecule has 0 aliphatic carbocycles. The maximum Gasteiger partial charge on any atom is 0.236 e. The Balaban J connectivity index is 1.55. The molecule has 2 aliphatic rings. The maximum absolute atomic E-state index is 12.3. The summed E-state index contributed by atoms with van der Waals surface area (Å²) < 4.78 is 5.65. The SMILES string of the molecule is CCc1cnc(CN(C(C)=O)[C@@H]2CCN(CC(=O)N3CCCC3)C2)o1. The summed E-state index contributed by atoms with van der Waals surface area (Å²) in [5.41, 5.74) is 0. The van der Waals surface area contributed by atoms with E-state index in [1.165, 1.54) is 0 Å². The van der Waals surface area contributed by atoms with Gasteiger partial charge in [-0.1, -0.05) is 6.92 Å². The first-order valence-corrected chi connectivity index (χ1v) is 9.27. The Morgan fingerprint density at radius 3 is 2.72 bits per heavy atom. The van der Waals surface area contributed by atoms with Crippen LogP contribution in [0.3, 0.4) is 0 Å². The van der Waals surface area contributed by atoms with Crippen molar-refractivity contribution >= 4 is 11.8 Å². The van der Waals surface area contributed by atoms with Gasteiger partial charge in [0, 0.05) is 45.6 Å². The van der Waals surface area contributed by atoms with Gasteiger partial charge in [-0.25, -0.2) is 4.98 Å². The van der Waals surface area contributed by atoms with Gasteiger partial charge in [0.15, 0.2) is 0 Å². The van der Waals surface area contributed by atoms with Crippen LogP contribution in [0.5, 0.6) is 0 Å². The van der Waals surface area contributed by atoms with Crippen LogP contribution in [0.25, 0.3) is 0 Å². The molecule has 2 aliphatic heterocycles. The molecule has 0 N–H and O–H groups in total. The molecule has 1 atom stereocenters. The van der Waals surface area contributed by atoms with Crippen molar-refractivity contribution in [3.8, 4) is 0 Å². The number of carbonyl (C=O) groups is 2. The highest BCUT2D eigenvalue weighted by Gasteiger charge is 2.32. The van der Waals surface area contributed by atoms with Crippen molar-refractivity contribution in [1.29, 1.82) is 0 Å². The van der Waals surface area contributed by atoms with Gasteiger partial charge in [0.2, 0.25) is 17.7 Å². The second kappa shape index (κ2) is 7.99. The highest BCUT2D eigenvalue weighted by atomic mass is 16.4. The molecule has 2 saturated heterocycles. The number of oxazole rings is 1. The Labute approximate surface area is 149 Å². The lowest BCUT2D eigenvalue weighted by Gasteiger charge is -2.27. The monoisotopic (exact) mass is 348 g/mol. The topological polar surface area (TPSA) is 69.9 Å². The number of amides is 2. The van der Waals surface area contributed by atoms with Gasteiger partial charge < -0.3 is 14.2 Å². The Kier molecular flexibility index (Phi) is 5.73. The minimum Gasteiger partial charge on any atom is -0.444 e. The quantitative estimate of drug-likeness (QED) is 0.775. The maximum atomic E-state index is 12.3. The predicted molar refractivity (Wildman–Crippen MR) is 92.8 cm³/mol. The first-order chi connectivity index (χ1) is 12.1. The van der Waals surface area contributed by atoms with Gasteiger partial charge in [0.05, 0.1) is 19.3 Å². The number of aryl methyl sites for hydroxylation is 1. The van der Waals surface area contributed by atoms with Gasteiger partial charge in [0.25, 0.3) is 0 Å². The van der Waals surface area contributed by atoms with Crippen molar-refractivity contribution in [3.05, 3.63) is 17.8 Å². The summed E-state index contributed by atoms with van der Waals surface area (Å²) in [5, 5.41) is 0. The van der Waals surface area contributed by atoms with Crippen LogP contribution in [-0.2, 0) is 22.6 Å². The Hall–Kier alpha value is -1.89. The van der Waals surface area contributed by atoms with E-state index in [1.54, 1.807) is 13.1 Å². The van der Waals surface area contributed by atoms with Crippen LogP contribution in [0, 0.1) is 0 Å². The molecule has 0 radical (unpaired) electrons. The highest BCUT2D eigenvalue weighted by Crippen LogP contribution is 2.19. The minimum atomic E-state index is 0.0222. The minimum absolute atomic E-state index is 0.0222. The number of carbonyl (C=O) groups excluding carboxylic acids is 2. The summed E-state index contributed by atoms with van der Waals surface area (Å²) in [6.07, 6.45) is 5.63. The zero-order valence-electron chi connectivity index (χ0n) is 15.2. The third-order valence-electron chi connectivity index (χ3n) is 5.17. The Morgan fingerprint density at radius 2 is 2.08 bits per heavy atom. The molecule has 0 aromatic carbocycles. The van der Waals surface area contributed by atoms with Crippen molar-refractivity contribution in [2.45, 2.75) is 52.1 Å². The van der Waals surface area contributed by atoms with Crippen molar-refractivity contribution in [1.82, 2.24) is 19.7 Å². The summed E-state index contributed by atoms with van der Waals surface area (Å²) in [6, 6.07) is 0.112. The number of hydrogen-bond donors (Lipinski definition) is 0. The molecule has 7 heteroatoms. The van der Waals surface area contributed by atoms with Crippen LogP contribution in [-0.4, -0.2) is 70.3 Å². The predicted octanol–water partition coefficient (Wildman–Crippen LogP) is 1.28. The van der Waals surface area contributed by atoms with Gasteiger partial charge in [-0.3, -0.25) is 14.5 Å².